The molecule has 3 aliphatic rings. The molecule has 144 valence electrons. The Morgan fingerprint density at radius 2 is 2.18 bits per heavy atom. The Morgan fingerprint density at radius 3 is 2.93 bits per heavy atom. The van der Waals surface area contributed by atoms with Gasteiger partial charge in [-0.15, -0.1) is 0 Å². The Labute approximate surface area is 167 Å². The zero-order valence-electron chi connectivity index (χ0n) is 16.6. The highest BCUT2D eigenvalue weighted by Gasteiger charge is 2.25. The molecule has 1 unspecified atom stereocenters. The van der Waals surface area contributed by atoms with Crippen LogP contribution in [-0.4, -0.2) is 43.1 Å². The van der Waals surface area contributed by atoms with Gasteiger partial charge in [0.1, 0.15) is 6.04 Å². The molecule has 0 aromatic heterocycles. The van der Waals surface area contributed by atoms with Crippen LogP contribution in [0.2, 0.25) is 0 Å². The molecule has 3 N–H and O–H groups in total. The van der Waals surface area contributed by atoms with Crippen molar-refractivity contribution in [3.8, 4) is 0 Å². The standard InChI is InChI=1S/C23H27N5/c1-3-28(15-18-6-4-5-17(2)11-18)10-9-25-23-21-12-19(20-13-24-14-20)7-8-22(21)26-16-27-23/h4-8,11-14,16,22,25H,3,9-10,15H2,1-2H3,(H,26,27)/p+1. The minimum atomic E-state index is 0.208. The largest absolute Gasteiger partial charge is 0.351 e. The second-order valence-corrected chi connectivity index (χ2v) is 7.37. The van der Waals surface area contributed by atoms with Gasteiger partial charge < -0.3 is 5.32 Å². The number of nitrogens with one attached hydrogen (secondary N) is 3. The number of hydrogen-bond donors (Lipinski definition) is 3. The van der Waals surface area contributed by atoms with E-state index in [0.29, 0.717) is 0 Å². The van der Waals surface area contributed by atoms with Crippen LogP contribution in [0.3, 0.4) is 0 Å². The van der Waals surface area contributed by atoms with Crippen LogP contribution in [0.25, 0.3) is 0 Å². The number of fused-ring (bicyclic) bond motifs is 1. The molecule has 1 aromatic rings. The molecule has 1 aliphatic carbocycles. The molecule has 0 bridgehead atoms. The van der Waals surface area contributed by atoms with E-state index >= 15 is 0 Å². The van der Waals surface area contributed by atoms with E-state index in [0.717, 1.165) is 32.0 Å². The smallest absolute Gasteiger partial charge is 0.236 e. The van der Waals surface area contributed by atoms with Crippen molar-refractivity contribution in [2.24, 2.45) is 4.99 Å². The van der Waals surface area contributed by atoms with Gasteiger partial charge in [-0.3, -0.25) is 14.9 Å². The average molecular weight is 375 g/mol. The maximum Gasteiger partial charge on any atom is 0.236 e. The molecule has 1 aromatic carbocycles. The van der Waals surface area contributed by atoms with E-state index in [4.69, 9.17) is 0 Å². The van der Waals surface area contributed by atoms with Gasteiger partial charge in [-0.2, -0.15) is 0 Å². The van der Waals surface area contributed by atoms with Gasteiger partial charge in [0.05, 0.1) is 5.57 Å². The van der Waals surface area contributed by atoms with Gasteiger partial charge in [0.15, 0.2) is 5.82 Å². The second-order valence-electron chi connectivity index (χ2n) is 7.37. The molecule has 0 fully saturated rings. The Balaban J connectivity index is 1.38. The molecule has 0 saturated carbocycles. The summed E-state index contributed by atoms with van der Waals surface area (Å²) in [6.45, 7) is 8.27. The molecule has 1 atom stereocenters. The summed E-state index contributed by atoms with van der Waals surface area (Å²) in [6, 6.07) is 8.98. The van der Waals surface area contributed by atoms with Crippen molar-refractivity contribution >= 4 is 12.6 Å². The molecular formula is C23H28N5+. The SMILES string of the molecule is CCN(CCNC1=C2C=C(C3=CN=C3)C=CC2[NH+]=CN1)Cc1cccc(C)c1. The fraction of sp³-hybridized carbons (Fsp3) is 0.304. The van der Waals surface area contributed by atoms with Crippen LogP contribution in [0.15, 0.2) is 76.2 Å². The van der Waals surface area contributed by atoms with Crippen LogP contribution >= 0.6 is 0 Å². The Hall–Kier alpha value is -2.92. The van der Waals surface area contributed by atoms with Crippen LogP contribution in [0.5, 0.6) is 0 Å². The Morgan fingerprint density at radius 1 is 1.29 bits per heavy atom. The molecule has 0 spiro atoms. The molecule has 0 radical (unpaired) electrons. The van der Waals surface area contributed by atoms with Crippen molar-refractivity contribution in [2.45, 2.75) is 26.4 Å². The number of aliphatic imine (C=N–C) groups is 1. The molecule has 4 rings (SSSR count). The number of nitrogens with zero attached hydrogens (tertiary/aromatic N) is 2. The van der Waals surface area contributed by atoms with Crippen LogP contribution < -0.4 is 15.6 Å². The highest BCUT2D eigenvalue weighted by Crippen LogP contribution is 2.23. The number of rotatable bonds is 8. The monoisotopic (exact) mass is 374 g/mol. The molecule has 0 amide bonds. The molecule has 2 heterocycles. The molecule has 5 nitrogen and oxygen atoms in total. The predicted molar refractivity (Wildman–Crippen MR) is 115 cm³/mol. The van der Waals surface area contributed by atoms with E-state index in [2.05, 4.69) is 81.9 Å². The second kappa shape index (κ2) is 8.40. The van der Waals surface area contributed by atoms with Crippen molar-refractivity contribution in [3.05, 3.63) is 82.4 Å². The zero-order valence-corrected chi connectivity index (χ0v) is 16.6. The molecular weight excluding hydrogens is 346 g/mol. The van der Waals surface area contributed by atoms with E-state index in [1.165, 1.54) is 27.8 Å². The lowest BCUT2D eigenvalue weighted by molar-refractivity contribution is -0.476. The topological polar surface area (TPSA) is 53.6 Å². The van der Waals surface area contributed by atoms with Crippen molar-refractivity contribution in [1.82, 2.24) is 15.5 Å². The number of benzene rings is 1. The van der Waals surface area contributed by atoms with Gasteiger partial charge >= 0.3 is 0 Å². The van der Waals surface area contributed by atoms with E-state index < -0.39 is 0 Å². The summed E-state index contributed by atoms with van der Waals surface area (Å²) in [4.78, 5) is 9.91. The number of aryl methyl sites for hydroxylation is 1. The first-order chi connectivity index (χ1) is 13.7. The van der Waals surface area contributed by atoms with Crippen LogP contribution in [0.4, 0.5) is 0 Å². The highest BCUT2D eigenvalue weighted by molar-refractivity contribution is 5.91. The lowest BCUT2D eigenvalue weighted by Crippen LogP contribution is -2.80. The summed E-state index contributed by atoms with van der Waals surface area (Å²) >= 11 is 0. The fourth-order valence-corrected chi connectivity index (χ4v) is 3.66. The van der Waals surface area contributed by atoms with E-state index in [1.54, 1.807) is 0 Å². The third kappa shape index (κ3) is 4.15. The predicted octanol–water partition coefficient (Wildman–Crippen LogP) is 1.16. The lowest BCUT2D eigenvalue weighted by atomic mass is 9.92. The zero-order chi connectivity index (χ0) is 19.3. The minimum absolute atomic E-state index is 0.208. The van der Waals surface area contributed by atoms with Crippen LogP contribution in [-0.2, 0) is 6.54 Å². The first-order valence-electron chi connectivity index (χ1n) is 9.97. The summed E-state index contributed by atoms with van der Waals surface area (Å²) in [5, 5.41) is 6.95. The normalized spacial score (nSPS) is 19.8. The molecule has 2 aliphatic heterocycles. The summed E-state index contributed by atoms with van der Waals surface area (Å²) < 4.78 is 0. The molecule has 5 heteroatoms. The quantitative estimate of drug-likeness (QED) is 0.640. The lowest BCUT2D eigenvalue weighted by Gasteiger charge is -2.24. The van der Waals surface area contributed by atoms with Gasteiger partial charge in [0, 0.05) is 37.6 Å². The van der Waals surface area contributed by atoms with Crippen molar-refractivity contribution in [1.29, 1.82) is 0 Å². The van der Waals surface area contributed by atoms with Crippen molar-refractivity contribution < 1.29 is 4.99 Å². The molecule has 0 saturated heterocycles. The Kier molecular flexibility index (Phi) is 5.53. The highest BCUT2D eigenvalue weighted by atomic mass is 15.2. The van der Waals surface area contributed by atoms with Crippen LogP contribution in [0, 0.1) is 6.92 Å². The number of likely N-dealkylation sites (N-methyl/N-ethyl adjacent to an activating group) is 1. The Bertz CT molecular complexity index is 917. The maximum atomic E-state index is 4.08. The fourth-order valence-electron chi connectivity index (χ4n) is 3.66. The third-order valence-corrected chi connectivity index (χ3v) is 5.31. The van der Waals surface area contributed by atoms with E-state index in [1.807, 2.05) is 18.8 Å². The van der Waals surface area contributed by atoms with Gasteiger partial charge in [-0.05, 0) is 36.8 Å². The number of allylic oxidation sites excluding steroid dienone is 3. The summed E-state index contributed by atoms with van der Waals surface area (Å²) in [5.41, 5.74) is 6.33. The first kappa shape index (κ1) is 18.4. The summed E-state index contributed by atoms with van der Waals surface area (Å²) in [7, 11) is 0. The van der Waals surface area contributed by atoms with E-state index in [9.17, 15) is 0 Å². The van der Waals surface area contributed by atoms with E-state index in [-0.39, 0.29) is 6.04 Å². The maximum absolute atomic E-state index is 4.08. The van der Waals surface area contributed by atoms with Gasteiger partial charge in [0.25, 0.3) is 0 Å². The summed E-state index contributed by atoms with van der Waals surface area (Å²) in [5.74, 6) is 1.08. The summed E-state index contributed by atoms with van der Waals surface area (Å²) in [6.07, 6.45) is 12.3. The molecule has 28 heavy (non-hydrogen) atoms. The van der Waals surface area contributed by atoms with Crippen LogP contribution in [0.1, 0.15) is 18.1 Å². The number of hydrogen-bond acceptors (Lipinski definition) is 4. The average Bonchev–Trinajstić information content (AvgIpc) is 2.66. The minimum Gasteiger partial charge on any atom is -0.351 e. The van der Waals surface area contributed by atoms with Gasteiger partial charge in [-0.1, -0.05) is 42.8 Å². The van der Waals surface area contributed by atoms with Gasteiger partial charge in [0.2, 0.25) is 6.34 Å². The van der Waals surface area contributed by atoms with Crippen molar-refractivity contribution in [3.63, 3.8) is 0 Å². The van der Waals surface area contributed by atoms with Gasteiger partial charge in [-0.25, -0.2) is 5.32 Å². The first-order valence-corrected chi connectivity index (χ1v) is 9.97. The third-order valence-electron chi connectivity index (χ3n) is 5.31. The van der Waals surface area contributed by atoms with Crippen molar-refractivity contribution in [2.75, 3.05) is 19.6 Å².